The second kappa shape index (κ2) is 5.47. The van der Waals surface area contributed by atoms with E-state index >= 15 is 0 Å². The molecule has 0 rings (SSSR count). The standard InChI is InChI=1S/C13H26/c1-9(2)12(7)8-13(10(3)4)11(5)6/h10-13H,1,8H2,2-7H3. The van der Waals surface area contributed by atoms with E-state index in [9.17, 15) is 0 Å². The summed E-state index contributed by atoms with van der Waals surface area (Å²) in [5, 5.41) is 0. The predicted octanol–water partition coefficient (Wildman–Crippen LogP) is 4.52. The molecular formula is C13H26. The summed E-state index contributed by atoms with van der Waals surface area (Å²) in [6, 6.07) is 0. The van der Waals surface area contributed by atoms with Crippen LogP contribution in [0.5, 0.6) is 0 Å². The minimum Gasteiger partial charge on any atom is -0.0999 e. The van der Waals surface area contributed by atoms with Crippen LogP contribution in [0.4, 0.5) is 0 Å². The van der Waals surface area contributed by atoms with Gasteiger partial charge in [-0.05, 0) is 37.0 Å². The van der Waals surface area contributed by atoms with Crippen molar-refractivity contribution >= 4 is 0 Å². The first-order valence-electron chi connectivity index (χ1n) is 5.51. The zero-order chi connectivity index (χ0) is 10.6. The van der Waals surface area contributed by atoms with E-state index in [1.807, 2.05) is 0 Å². The Kier molecular flexibility index (Phi) is 5.36. The third-order valence-electron chi connectivity index (χ3n) is 3.18. The summed E-state index contributed by atoms with van der Waals surface area (Å²) < 4.78 is 0. The van der Waals surface area contributed by atoms with Gasteiger partial charge in [0.1, 0.15) is 0 Å². The van der Waals surface area contributed by atoms with Gasteiger partial charge < -0.3 is 0 Å². The van der Waals surface area contributed by atoms with Crippen LogP contribution in [0, 0.1) is 23.7 Å². The first-order valence-corrected chi connectivity index (χ1v) is 5.51. The summed E-state index contributed by atoms with van der Waals surface area (Å²) in [5.41, 5.74) is 1.33. The maximum atomic E-state index is 4.03. The normalized spacial score (nSPS) is 14.2. The third kappa shape index (κ3) is 4.50. The summed E-state index contributed by atoms with van der Waals surface area (Å²) >= 11 is 0. The Bertz CT molecular complexity index is 145. The lowest BCUT2D eigenvalue weighted by Gasteiger charge is -2.28. The van der Waals surface area contributed by atoms with Gasteiger partial charge in [-0.25, -0.2) is 0 Å². The number of allylic oxidation sites excluding steroid dienone is 1. The maximum absolute atomic E-state index is 4.03. The fourth-order valence-corrected chi connectivity index (χ4v) is 1.92. The summed E-state index contributed by atoms with van der Waals surface area (Å²) in [6.45, 7) is 17.8. The van der Waals surface area contributed by atoms with Gasteiger partial charge in [-0.2, -0.15) is 0 Å². The number of hydrogen-bond donors (Lipinski definition) is 0. The van der Waals surface area contributed by atoms with Crippen LogP contribution in [0.3, 0.4) is 0 Å². The summed E-state index contributed by atoms with van der Waals surface area (Å²) in [4.78, 5) is 0. The highest BCUT2D eigenvalue weighted by Crippen LogP contribution is 2.29. The predicted molar refractivity (Wildman–Crippen MR) is 61.8 cm³/mol. The van der Waals surface area contributed by atoms with Crippen molar-refractivity contribution in [3.05, 3.63) is 12.2 Å². The Balaban J connectivity index is 4.18. The van der Waals surface area contributed by atoms with E-state index in [4.69, 9.17) is 0 Å². The molecule has 0 saturated carbocycles. The van der Waals surface area contributed by atoms with E-state index in [-0.39, 0.29) is 0 Å². The Morgan fingerprint density at radius 3 is 1.62 bits per heavy atom. The molecule has 0 spiro atoms. The summed E-state index contributed by atoms with van der Waals surface area (Å²) in [5.74, 6) is 3.10. The van der Waals surface area contributed by atoms with E-state index in [0.29, 0.717) is 5.92 Å². The van der Waals surface area contributed by atoms with Crippen molar-refractivity contribution in [1.82, 2.24) is 0 Å². The van der Waals surface area contributed by atoms with Crippen molar-refractivity contribution in [2.24, 2.45) is 23.7 Å². The van der Waals surface area contributed by atoms with Crippen LogP contribution in [-0.4, -0.2) is 0 Å². The van der Waals surface area contributed by atoms with E-state index in [2.05, 4.69) is 48.1 Å². The quantitative estimate of drug-likeness (QED) is 0.548. The highest BCUT2D eigenvalue weighted by atomic mass is 14.3. The first kappa shape index (κ1) is 12.7. The van der Waals surface area contributed by atoms with Gasteiger partial charge in [-0.1, -0.05) is 46.8 Å². The molecule has 0 aliphatic rings. The molecule has 0 aromatic heterocycles. The summed E-state index contributed by atoms with van der Waals surface area (Å²) in [7, 11) is 0. The number of hydrogen-bond acceptors (Lipinski definition) is 0. The Morgan fingerprint density at radius 2 is 1.38 bits per heavy atom. The lowest BCUT2D eigenvalue weighted by Crippen LogP contribution is -2.18. The largest absolute Gasteiger partial charge is 0.0999 e. The highest BCUT2D eigenvalue weighted by Gasteiger charge is 2.20. The van der Waals surface area contributed by atoms with E-state index in [1.54, 1.807) is 0 Å². The van der Waals surface area contributed by atoms with E-state index < -0.39 is 0 Å². The molecule has 78 valence electrons. The van der Waals surface area contributed by atoms with Crippen LogP contribution >= 0.6 is 0 Å². The van der Waals surface area contributed by atoms with Gasteiger partial charge in [0.05, 0.1) is 0 Å². The van der Waals surface area contributed by atoms with Crippen molar-refractivity contribution in [3.63, 3.8) is 0 Å². The van der Waals surface area contributed by atoms with Crippen LogP contribution in [0.1, 0.15) is 48.0 Å². The monoisotopic (exact) mass is 182 g/mol. The fraction of sp³-hybridized carbons (Fsp3) is 0.846. The van der Waals surface area contributed by atoms with Gasteiger partial charge in [0.2, 0.25) is 0 Å². The van der Waals surface area contributed by atoms with Gasteiger partial charge >= 0.3 is 0 Å². The molecule has 1 atom stereocenters. The molecule has 0 bridgehead atoms. The van der Waals surface area contributed by atoms with E-state index in [0.717, 1.165) is 17.8 Å². The molecule has 0 fully saturated rings. The average Bonchev–Trinajstić information content (AvgIpc) is 1.97. The molecule has 0 aliphatic heterocycles. The molecule has 0 aromatic rings. The van der Waals surface area contributed by atoms with Crippen LogP contribution in [0.25, 0.3) is 0 Å². The van der Waals surface area contributed by atoms with Gasteiger partial charge in [-0.15, -0.1) is 0 Å². The molecule has 1 unspecified atom stereocenters. The minimum atomic E-state index is 0.676. The molecule has 0 heterocycles. The zero-order valence-electron chi connectivity index (χ0n) is 10.2. The molecule has 0 heteroatoms. The van der Waals surface area contributed by atoms with Gasteiger partial charge in [0.25, 0.3) is 0 Å². The molecule has 0 aromatic carbocycles. The van der Waals surface area contributed by atoms with Crippen molar-refractivity contribution in [2.75, 3.05) is 0 Å². The second-order valence-electron chi connectivity index (χ2n) is 5.13. The lowest BCUT2D eigenvalue weighted by molar-refractivity contribution is 0.246. The second-order valence-corrected chi connectivity index (χ2v) is 5.13. The molecule has 0 saturated heterocycles. The van der Waals surface area contributed by atoms with E-state index in [1.165, 1.54) is 12.0 Å². The average molecular weight is 182 g/mol. The highest BCUT2D eigenvalue weighted by molar-refractivity contribution is 4.94. The third-order valence-corrected chi connectivity index (χ3v) is 3.18. The minimum absolute atomic E-state index is 0.676. The first-order chi connectivity index (χ1) is 5.86. The Hall–Kier alpha value is -0.260. The van der Waals surface area contributed by atoms with Crippen LogP contribution in [0.15, 0.2) is 12.2 Å². The van der Waals surface area contributed by atoms with Crippen LogP contribution < -0.4 is 0 Å². The SMILES string of the molecule is C=C(C)C(C)CC(C(C)C)C(C)C. The zero-order valence-corrected chi connectivity index (χ0v) is 10.2. The lowest BCUT2D eigenvalue weighted by atomic mass is 9.78. The molecular weight excluding hydrogens is 156 g/mol. The topological polar surface area (TPSA) is 0 Å². The van der Waals surface area contributed by atoms with Crippen LogP contribution in [0.2, 0.25) is 0 Å². The van der Waals surface area contributed by atoms with Crippen molar-refractivity contribution in [2.45, 2.75) is 48.0 Å². The molecule has 0 N–H and O–H groups in total. The Morgan fingerprint density at radius 1 is 1.00 bits per heavy atom. The molecule has 0 radical (unpaired) electrons. The van der Waals surface area contributed by atoms with Crippen LogP contribution in [-0.2, 0) is 0 Å². The molecule has 0 amide bonds. The van der Waals surface area contributed by atoms with Crippen molar-refractivity contribution < 1.29 is 0 Å². The molecule has 0 nitrogen and oxygen atoms in total. The fourth-order valence-electron chi connectivity index (χ4n) is 1.92. The van der Waals surface area contributed by atoms with Crippen molar-refractivity contribution in [3.8, 4) is 0 Å². The van der Waals surface area contributed by atoms with Crippen molar-refractivity contribution in [1.29, 1.82) is 0 Å². The van der Waals surface area contributed by atoms with Gasteiger partial charge in [-0.3, -0.25) is 0 Å². The van der Waals surface area contributed by atoms with Gasteiger partial charge in [0, 0.05) is 0 Å². The Labute approximate surface area is 84.4 Å². The maximum Gasteiger partial charge on any atom is -0.0234 e. The van der Waals surface area contributed by atoms with Gasteiger partial charge in [0.15, 0.2) is 0 Å². The summed E-state index contributed by atoms with van der Waals surface area (Å²) in [6.07, 6.45) is 1.30. The molecule has 0 aliphatic carbocycles. The molecule has 13 heavy (non-hydrogen) atoms. The smallest absolute Gasteiger partial charge is 0.0234 e. The number of rotatable bonds is 5.